The van der Waals surface area contributed by atoms with E-state index in [9.17, 15) is 19.2 Å². The van der Waals surface area contributed by atoms with Crippen LogP contribution in [-0.2, 0) is 28.7 Å². The maximum atomic E-state index is 12.5. The zero-order chi connectivity index (χ0) is 38.8. The summed E-state index contributed by atoms with van der Waals surface area (Å²) in [4.78, 5) is 59.3. The SMILES string of the molecule is CCOC(=O)CCCCC(N=[N+]=[N-])C(=O)Cl.CCOC(=O)CCCCC(N=[N+]=[N-])C(=O)Nc1cccc2cccnc12.Nc1cccc2cccnc12. The molecular formula is C36H43ClN10O6. The Bertz CT molecular complexity index is 1890. The lowest BCUT2D eigenvalue weighted by molar-refractivity contribution is -0.144. The van der Waals surface area contributed by atoms with Gasteiger partial charge < -0.3 is 20.5 Å². The van der Waals surface area contributed by atoms with Gasteiger partial charge in [-0.2, -0.15) is 0 Å². The average molecular weight is 747 g/mol. The minimum Gasteiger partial charge on any atom is -0.466 e. The molecule has 1 amide bonds. The van der Waals surface area contributed by atoms with E-state index in [1.807, 2.05) is 54.6 Å². The van der Waals surface area contributed by atoms with Crippen molar-refractivity contribution in [2.24, 2.45) is 10.2 Å². The van der Waals surface area contributed by atoms with Crippen molar-refractivity contribution >= 4 is 67.9 Å². The van der Waals surface area contributed by atoms with Gasteiger partial charge in [0.1, 0.15) is 12.1 Å². The molecule has 0 saturated heterocycles. The third-order valence-electron chi connectivity index (χ3n) is 7.33. The molecule has 2 atom stereocenters. The molecule has 3 N–H and O–H groups in total. The third kappa shape index (κ3) is 16.3. The number of nitrogen functional groups attached to an aromatic ring is 1. The van der Waals surface area contributed by atoms with Gasteiger partial charge in [-0.15, -0.1) is 0 Å². The molecule has 280 valence electrons. The summed E-state index contributed by atoms with van der Waals surface area (Å²) in [5.74, 6) is -0.920. The number of carbonyl (C=O) groups excluding carboxylic acids is 4. The number of ether oxygens (including phenoxy) is 2. The van der Waals surface area contributed by atoms with Crippen LogP contribution in [0, 0.1) is 0 Å². The minimum absolute atomic E-state index is 0.264. The molecular weight excluding hydrogens is 704 g/mol. The molecule has 2 heterocycles. The molecule has 4 rings (SSSR count). The van der Waals surface area contributed by atoms with E-state index in [1.54, 1.807) is 32.3 Å². The fourth-order valence-electron chi connectivity index (χ4n) is 4.81. The van der Waals surface area contributed by atoms with Gasteiger partial charge in [0.05, 0.1) is 35.6 Å². The first kappa shape index (κ1) is 43.2. The normalized spacial score (nSPS) is 11.2. The van der Waals surface area contributed by atoms with Crippen LogP contribution in [0.25, 0.3) is 42.7 Å². The second kappa shape index (κ2) is 25.1. The minimum atomic E-state index is -0.846. The highest BCUT2D eigenvalue weighted by Crippen LogP contribution is 2.22. The number of rotatable bonds is 17. The lowest BCUT2D eigenvalue weighted by Gasteiger charge is -2.13. The molecule has 2 aromatic heterocycles. The summed E-state index contributed by atoms with van der Waals surface area (Å²) in [6.45, 7) is 4.20. The Balaban J connectivity index is 0.000000304. The van der Waals surface area contributed by atoms with Crippen LogP contribution in [0.4, 0.5) is 11.4 Å². The number of halogens is 1. The zero-order valence-corrected chi connectivity index (χ0v) is 30.4. The van der Waals surface area contributed by atoms with Gasteiger partial charge in [0.2, 0.25) is 11.1 Å². The number of nitrogens with one attached hydrogen (secondary N) is 1. The van der Waals surface area contributed by atoms with Crippen molar-refractivity contribution < 1.29 is 28.7 Å². The Labute approximate surface area is 311 Å². The molecule has 0 bridgehead atoms. The van der Waals surface area contributed by atoms with Gasteiger partial charge >= 0.3 is 11.9 Å². The van der Waals surface area contributed by atoms with Crippen LogP contribution in [-0.4, -0.2) is 58.4 Å². The lowest BCUT2D eigenvalue weighted by Crippen LogP contribution is -2.26. The second-order valence-electron chi connectivity index (χ2n) is 11.1. The molecule has 0 aliphatic rings. The molecule has 0 radical (unpaired) electrons. The molecule has 0 fully saturated rings. The van der Waals surface area contributed by atoms with E-state index >= 15 is 0 Å². The van der Waals surface area contributed by atoms with Gasteiger partial charge in [0.15, 0.2) is 0 Å². The zero-order valence-electron chi connectivity index (χ0n) is 29.6. The predicted molar refractivity (Wildman–Crippen MR) is 203 cm³/mol. The van der Waals surface area contributed by atoms with E-state index in [-0.39, 0.29) is 18.4 Å². The Kier molecular flexibility index (Phi) is 20.4. The number of pyridine rings is 2. The number of benzene rings is 2. The molecule has 2 unspecified atom stereocenters. The molecule has 2 aromatic carbocycles. The average Bonchev–Trinajstić information content (AvgIpc) is 3.15. The quantitative estimate of drug-likeness (QED) is 0.0200. The van der Waals surface area contributed by atoms with Crippen LogP contribution in [0.15, 0.2) is 83.3 Å². The number of para-hydroxylation sites is 2. The van der Waals surface area contributed by atoms with Gasteiger partial charge in [0, 0.05) is 45.8 Å². The number of amides is 1. The van der Waals surface area contributed by atoms with Gasteiger partial charge in [-0.3, -0.25) is 29.1 Å². The maximum Gasteiger partial charge on any atom is 0.305 e. The van der Waals surface area contributed by atoms with Crippen LogP contribution in [0.3, 0.4) is 0 Å². The number of unbranched alkanes of at least 4 members (excludes halogenated alkanes) is 2. The number of hydrogen-bond acceptors (Lipinski definition) is 11. The molecule has 17 heteroatoms. The van der Waals surface area contributed by atoms with Crippen molar-refractivity contribution in [2.45, 2.75) is 77.3 Å². The number of hydrogen-bond donors (Lipinski definition) is 2. The molecule has 0 spiro atoms. The summed E-state index contributed by atoms with van der Waals surface area (Å²) >= 11 is 5.22. The van der Waals surface area contributed by atoms with Crippen molar-refractivity contribution in [1.29, 1.82) is 0 Å². The number of fused-ring (bicyclic) bond motifs is 2. The lowest BCUT2D eigenvalue weighted by atomic mass is 10.1. The van der Waals surface area contributed by atoms with E-state index in [0.29, 0.717) is 69.4 Å². The Hall–Kier alpha value is -5.95. The topological polar surface area (TPSA) is 248 Å². The molecule has 0 aliphatic carbocycles. The number of nitrogens with zero attached hydrogens (tertiary/aromatic N) is 8. The smallest absolute Gasteiger partial charge is 0.305 e. The second-order valence-corrected chi connectivity index (χ2v) is 11.5. The largest absolute Gasteiger partial charge is 0.466 e. The monoisotopic (exact) mass is 746 g/mol. The number of carbonyl (C=O) groups is 4. The first-order valence-electron chi connectivity index (χ1n) is 17.0. The number of azide groups is 2. The number of anilines is 2. The van der Waals surface area contributed by atoms with Gasteiger partial charge in [-0.25, -0.2) is 0 Å². The van der Waals surface area contributed by atoms with E-state index in [4.69, 9.17) is 37.9 Å². The number of aromatic nitrogens is 2. The fourth-order valence-corrected chi connectivity index (χ4v) is 4.96. The van der Waals surface area contributed by atoms with Crippen molar-refractivity contribution in [1.82, 2.24) is 9.97 Å². The Morgan fingerprint density at radius 1 is 0.755 bits per heavy atom. The van der Waals surface area contributed by atoms with Crippen molar-refractivity contribution in [3.05, 3.63) is 93.9 Å². The van der Waals surface area contributed by atoms with Crippen LogP contribution >= 0.6 is 11.6 Å². The van der Waals surface area contributed by atoms with Crippen LogP contribution in [0.2, 0.25) is 0 Å². The van der Waals surface area contributed by atoms with Crippen molar-refractivity contribution in [3.63, 3.8) is 0 Å². The molecule has 0 aliphatic heterocycles. The van der Waals surface area contributed by atoms with Crippen LogP contribution in [0.1, 0.15) is 65.2 Å². The molecule has 0 saturated carbocycles. The Morgan fingerprint density at radius 2 is 1.25 bits per heavy atom. The summed E-state index contributed by atoms with van der Waals surface area (Å²) < 4.78 is 9.59. The molecule has 53 heavy (non-hydrogen) atoms. The van der Waals surface area contributed by atoms with Crippen LogP contribution < -0.4 is 11.1 Å². The summed E-state index contributed by atoms with van der Waals surface area (Å²) in [6, 6.07) is 17.2. The van der Waals surface area contributed by atoms with E-state index in [1.165, 1.54) is 0 Å². The van der Waals surface area contributed by atoms with E-state index in [2.05, 4.69) is 35.3 Å². The van der Waals surface area contributed by atoms with Crippen LogP contribution in [0.5, 0.6) is 0 Å². The summed E-state index contributed by atoms with van der Waals surface area (Å²) in [6.07, 6.45) is 7.00. The highest BCUT2D eigenvalue weighted by Gasteiger charge is 2.18. The third-order valence-corrected chi connectivity index (χ3v) is 7.58. The van der Waals surface area contributed by atoms with Gasteiger partial charge in [-0.1, -0.05) is 59.5 Å². The van der Waals surface area contributed by atoms with Crippen molar-refractivity contribution in [3.8, 4) is 0 Å². The summed E-state index contributed by atoms with van der Waals surface area (Å²) in [5.41, 5.74) is 25.5. The first-order chi connectivity index (χ1) is 25.6. The number of esters is 2. The van der Waals surface area contributed by atoms with Gasteiger partial charge in [-0.05, 0) is 86.5 Å². The highest BCUT2D eigenvalue weighted by atomic mass is 35.5. The molecule has 4 aromatic rings. The predicted octanol–water partition coefficient (Wildman–Crippen LogP) is 8.35. The standard InChI is InChI=1S/C18H21N5O3.C9H14ClN3O3.C9H8N2/c1-2-26-16(24)11-4-3-9-15(22-23-19)18(25)21-14-10-5-7-13-8-6-12-20-17(13)14;1-2-16-8(14)6-4-3-5-7(9(10)15)12-13-11;10-8-5-1-3-7-4-2-6-11-9(7)8/h5-8,10,12,15H,2-4,9,11H2,1H3,(H,21,25);7H,2-6H2,1H3;1-6H,10H2. The van der Waals surface area contributed by atoms with E-state index in [0.717, 1.165) is 22.0 Å². The fraction of sp³-hybridized carbons (Fsp3) is 0.389. The first-order valence-corrected chi connectivity index (χ1v) is 17.4. The molecule has 16 nitrogen and oxygen atoms in total. The number of nitrogens with two attached hydrogens (primary N) is 1. The Morgan fingerprint density at radius 3 is 1.77 bits per heavy atom. The summed E-state index contributed by atoms with van der Waals surface area (Å²) in [5, 5.41) is 10.9. The highest BCUT2D eigenvalue weighted by molar-refractivity contribution is 6.64. The summed E-state index contributed by atoms with van der Waals surface area (Å²) in [7, 11) is 0. The van der Waals surface area contributed by atoms with Gasteiger partial charge in [0.25, 0.3) is 0 Å². The van der Waals surface area contributed by atoms with E-state index < -0.39 is 23.2 Å². The van der Waals surface area contributed by atoms with Crippen molar-refractivity contribution in [2.75, 3.05) is 24.3 Å². The maximum absolute atomic E-state index is 12.5.